The molecule has 11 heteroatoms. The SMILES string of the molecule is CCCCn1nnnc1COC(=O)c1ccc(OC)c(S(=O)(=O)N2CCCCC2C)c1. The summed E-state index contributed by atoms with van der Waals surface area (Å²) in [5.41, 5.74) is 0.122. The van der Waals surface area contributed by atoms with Gasteiger partial charge in [-0.25, -0.2) is 17.9 Å². The Morgan fingerprint density at radius 1 is 1.29 bits per heavy atom. The maximum absolute atomic E-state index is 13.3. The van der Waals surface area contributed by atoms with Crippen LogP contribution in [0.2, 0.25) is 0 Å². The molecule has 1 unspecified atom stereocenters. The number of aryl methyl sites for hydroxylation is 1. The summed E-state index contributed by atoms with van der Waals surface area (Å²) in [5.74, 6) is -0.0287. The molecule has 0 N–H and O–H groups in total. The highest BCUT2D eigenvalue weighted by Crippen LogP contribution is 2.31. The highest BCUT2D eigenvalue weighted by Gasteiger charge is 2.33. The molecule has 0 saturated carbocycles. The van der Waals surface area contributed by atoms with Crippen molar-refractivity contribution in [3.63, 3.8) is 0 Å². The van der Waals surface area contributed by atoms with E-state index < -0.39 is 16.0 Å². The first-order valence-electron chi connectivity index (χ1n) is 10.5. The molecule has 0 aliphatic carbocycles. The fourth-order valence-corrected chi connectivity index (χ4v) is 5.46. The predicted octanol–water partition coefficient (Wildman–Crippen LogP) is 2.40. The topological polar surface area (TPSA) is 117 Å². The van der Waals surface area contributed by atoms with Crippen molar-refractivity contribution < 1.29 is 22.7 Å². The average Bonchev–Trinajstić information content (AvgIpc) is 3.23. The number of hydrogen-bond acceptors (Lipinski definition) is 8. The van der Waals surface area contributed by atoms with E-state index in [1.54, 1.807) is 4.68 Å². The number of methoxy groups -OCH3 is 1. The molecule has 1 aromatic heterocycles. The zero-order valence-corrected chi connectivity index (χ0v) is 19.0. The number of unbranched alkanes of at least 4 members (excludes halogenated alkanes) is 1. The summed E-state index contributed by atoms with van der Waals surface area (Å²) < 4.78 is 40.3. The van der Waals surface area contributed by atoms with E-state index in [0.717, 1.165) is 32.1 Å². The predicted molar refractivity (Wildman–Crippen MR) is 112 cm³/mol. The summed E-state index contributed by atoms with van der Waals surface area (Å²) in [6.45, 7) is 4.93. The van der Waals surface area contributed by atoms with Gasteiger partial charge in [-0.1, -0.05) is 19.8 Å². The number of esters is 1. The Morgan fingerprint density at radius 3 is 2.81 bits per heavy atom. The lowest BCUT2D eigenvalue weighted by Crippen LogP contribution is -2.42. The molecule has 1 aromatic carbocycles. The lowest BCUT2D eigenvalue weighted by molar-refractivity contribution is 0.0456. The fraction of sp³-hybridized carbons (Fsp3) is 0.600. The van der Waals surface area contributed by atoms with Crippen LogP contribution in [0.1, 0.15) is 62.1 Å². The fourth-order valence-electron chi connectivity index (χ4n) is 3.58. The molecule has 0 radical (unpaired) electrons. The van der Waals surface area contributed by atoms with Crippen LogP contribution in [-0.2, 0) is 27.9 Å². The summed E-state index contributed by atoms with van der Waals surface area (Å²) >= 11 is 0. The standard InChI is InChI=1S/C20H29N5O5S/c1-4-5-11-24-19(21-22-23-24)14-30-20(26)16-9-10-17(29-3)18(13-16)31(27,28)25-12-7-6-8-15(25)2/h9-10,13,15H,4-8,11-12,14H2,1-3H3. The van der Waals surface area contributed by atoms with Gasteiger partial charge in [-0.3, -0.25) is 0 Å². The number of rotatable bonds is 9. The van der Waals surface area contributed by atoms with E-state index in [-0.39, 0.29) is 28.9 Å². The van der Waals surface area contributed by atoms with Gasteiger partial charge in [-0.05, 0) is 54.8 Å². The number of benzene rings is 1. The molecular formula is C20H29N5O5S. The summed E-state index contributed by atoms with van der Waals surface area (Å²) in [6, 6.07) is 4.17. The number of aromatic nitrogens is 4. The van der Waals surface area contributed by atoms with E-state index in [1.807, 2.05) is 6.92 Å². The molecule has 170 valence electrons. The largest absolute Gasteiger partial charge is 0.495 e. The van der Waals surface area contributed by atoms with Crippen LogP contribution in [0.15, 0.2) is 23.1 Å². The highest BCUT2D eigenvalue weighted by molar-refractivity contribution is 7.89. The van der Waals surface area contributed by atoms with Crippen molar-refractivity contribution in [2.75, 3.05) is 13.7 Å². The van der Waals surface area contributed by atoms with Crippen LogP contribution in [-0.4, -0.2) is 58.6 Å². The first-order chi connectivity index (χ1) is 14.9. The molecule has 10 nitrogen and oxygen atoms in total. The number of tetrazole rings is 1. The Bertz CT molecular complexity index is 1010. The molecule has 3 rings (SSSR count). The van der Waals surface area contributed by atoms with E-state index in [4.69, 9.17) is 9.47 Å². The monoisotopic (exact) mass is 451 g/mol. The highest BCUT2D eigenvalue weighted by atomic mass is 32.2. The lowest BCUT2D eigenvalue weighted by Gasteiger charge is -2.32. The Labute approximate surface area is 182 Å². The van der Waals surface area contributed by atoms with Crippen LogP contribution in [0.5, 0.6) is 5.75 Å². The van der Waals surface area contributed by atoms with Crippen molar-refractivity contribution in [3.8, 4) is 5.75 Å². The maximum Gasteiger partial charge on any atom is 0.338 e. The van der Waals surface area contributed by atoms with Gasteiger partial charge in [0.25, 0.3) is 0 Å². The molecule has 1 fully saturated rings. The first-order valence-corrected chi connectivity index (χ1v) is 11.9. The van der Waals surface area contributed by atoms with E-state index in [1.165, 1.54) is 29.6 Å². The third-order valence-corrected chi connectivity index (χ3v) is 7.42. The first kappa shape index (κ1) is 23.1. The Hall–Kier alpha value is -2.53. The van der Waals surface area contributed by atoms with Crippen LogP contribution in [0.3, 0.4) is 0 Å². The lowest BCUT2D eigenvalue weighted by atomic mass is 10.1. The zero-order chi connectivity index (χ0) is 22.4. The number of sulfonamides is 1. The van der Waals surface area contributed by atoms with E-state index in [9.17, 15) is 13.2 Å². The van der Waals surface area contributed by atoms with Crippen molar-refractivity contribution in [2.24, 2.45) is 0 Å². The number of carbonyl (C=O) groups is 1. The normalized spacial score (nSPS) is 17.5. The van der Waals surface area contributed by atoms with Crippen molar-refractivity contribution in [1.82, 2.24) is 24.5 Å². The second-order valence-corrected chi connectivity index (χ2v) is 9.43. The summed E-state index contributed by atoms with van der Waals surface area (Å²) in [7, 11) is -2.42. The number of piperidine rings is 1. The van der Waals surface area contributed by atoms with Gasteiger partial charge < -0.3 is 9.47 Å². The molecule has 2 heterocycles. The number of nitrogens with zero attached hydrogens (tertiary/aromatic N) is 5. The van der Waals surface area contributed by atoms with Gasteiger partial charge in [-0.15, -0.1) is 5.10 Å². The molecule has 1 atom stereocenters. The minimum atomic E-state index is -3.82. The van der Waals surface area contributed by atoms with Gasteiger partial charge in [0, 0.05) is 19.1 Å². The van der Waals surface area contributed by atoms with E-state index >= 15 is 0 Å². The summed E-state index contributed by atoms with van der Waals surface area (Å²) in [6.07, 6.45) is 4.49. The maximum atomic E-state index is 13.3. The van der Waals surface area contributed by atoms with Crippen molar-refractivity contribution in [1.29, 1.82) is 0 Å². The Kier molecular flexibility index (Phi) is 7.60. The number of carbonyl (C=O) groups excluding carboxylic acids is 1. The minimum Gasteiger partial charge on any atom is -0.495 e. The molecule has 0 bridgehead atoms. The van der Waals surface area contributed by atoms with Crippen LogP contribution in [0.25, 0.3) is 0 Å². The van der Waals surface area contributed by atoms with Gasteiger partial charge in [0.1, 0.15) is 10.6 Å². The number of hydrogen-bond donors (Lipinski definition) is 0. The van der Waals surface area contributed by atoms with Gasteiger partial charge in [0.2, 0.25) is 10.0 Å². The van der Waals surface area contributed by atoms with Gasteiger partial charge in [0.15, 0.2) is 12.4 Å². The average molecular weight is 452 g/mol. The van der Waals surface area contributed by atoms with Crippen molar-refractivity contribution in [3.05, 3.63) is 29.6 Å². The quantitative estimate of drug-likeness (QED) is 0.534. The Morgan fingerprint density at radius 2 is 2.10 bits per heavy atom. The molecule has 1 aliphatic rings. The number of ether oxygens (including phenoxy) is 2. The van der Waals surface area contributed by atoms with E-state index in [0.29, 0.717) is 18.9 Å². The van der Waals surface area contributed by atoms with Gasteiger partial charge >= 0.3 is 5.97 Å². The smallest absolute Gasteiger partial charge is 0.338 e. The molecule has 2 aromatic rings. The zero-order valence-electron chi connectivity index (χ0n) is 18.2. The Balaban J connectivity index is 1.80. The second kappa shape index (κ2) is 10.2. The molecule has 1 saturated heterocycles. The van der Waals surface area contributed by atoms with Crippen LogP contribution >= 0.6 is 0 Å². The molecule has 31 heavy (non-hydrogen) atoms. The molecular weight excluding hydrogens is 422 g/mol. The molecule has 0 amide bonds. The van der Waals surface area contributed by atoms with Gasteiger partial charge in [0.05, 0.1) is 12.7 Å². The van der Waals surface area contributed by atoms with Gasteiger partial charge in [-0.2, -0.15) is 4.31 Å². The van der Waals surface area contributed by atoms with E-state index in [2.05, 4.69) is 22.4 Å². The third-order valence-electron chi connectivity index (χ3n) is 5.39. The third kappa shape index (κ3) is 5.21. The minimum absolute atomic E-state index is 0.0361. The van der Waals surface area contributed by atoms with Crippen molar-refractivity contribution in [2.45, 2.75) is 70.0 Å². The van der Waals surface area contributed by atoms with Crippen LogP contribution in [0.4, 0.5) is 0 Å². The summed E-state index contributed by atoms with van der Waals surface area (Å²) in [5, 5.41) is 11.4. The molecule has 0 spiro atoms. The van der Waals surface area contributed by atoms with Crippen molar-refractivity contribution >= 4 is 16.0 Å². The van der Waals surface area contributed by atoms with Crippen LogP contribution in [0, 0.1) is 0 Å². The van der Waals surface area contributed by atoms with Crippen LogP contribution < -0.4 is 4.74 Å². The summed E-state index contributed by atoms with van der Waals surface area (Å²) in [4.78, 5) is 12.6. The second-order valence-electron chi connectivity index (χ2n) is 7.57. The molecule has 1 aliphatic heterocycles.